The van der Waals surface area contributed by atoms with Gasteiger partial charge in [0, 0.05) is 13.1 Å². The van der Waals surface area contributed by atoms with E-state index in [0.717, 1.165) is 19.5 Å². The zero-order valence-corrected chi connectivity index (χ0v) is 11.1. The van der Waals surface area contributed by atoms with Gasteiger partial charge in [0.15, 0.2) is 0 Å². The molecule has 0 N–H and O–H groups in total. The molecule has 0 aliphatic rings. The molecule has 0 aliphatic carbocycles. The van der Waals surface area contributed by atoms with E-state index >= 15 is 0 Å². The summed E-state index contributed by atoms with van der Waals surface area (Å²) >= 11 is 0. The van der Waals surface area contributed by atoms with Gasteiger partial charge >= 0.3 is 0 Å². The summed E-state index contributed by atoms with van der Waals surface area (Å²) in [4.78, 5) is 15.8. The van der Waals surface area contributed by atoms with E-state index in [0.29, 0.717) is 6.54 Å². The Labute approximate surface area is 98.8 Å². The number of nitriles is 1. The first kappa shape index (κ1) is 14.9. The number of carbonyl (C=O) groups excluding carboxylic acids is 1. The monoisotopic (exact) mass is 225 g/mol. The summed E-state index contributed by atoms with van der Waals surface area (Å²) in [6.07, 6.45) is 0.939. The number of amides is 1. The molecule has 0 radical (unpaired) electrons. The second kappa shape index (κ2) is 6.49. The van der Waals surface area contributed by atoms with Gasteiger partial charge in [0.25, 0.3) is 0 Å². The highest BCUT2D eigenvalue weighted by Gasteiger charge is 2.30. The average Bonchev–Trinajstić information content (AvgIpc) is 2.23. The molecule has 0 atom stereocenters. The lowest BCUT2D eigenvalue weighted by atomic mass is 9.94. The molecule has 0 saturated carbocycles. The molecule has 0 bridgehead atoms. The fourth-order valence-electron chi connectivity index (χ4n) is 1.42. The summed E-state index contributed by atoms with van der Waals surface area (Å²) in [5.41, 5.74) is -0.909. The SMILES string of the molecule is CCN(CCCN(C)C)C(=O)C(C)(C)C#N. The van der Waals surface area contributed by atoms with Crippen molar-refractivity contribution in [3.63, 3.8) is 0 Å². The number of hydrogen-bond acceptors (Lipinski definition) is 3. The van der Waals surface area contributed by atoms with Crippen LogP contribution < -0.4 is 0 Å². The highest BCUT2D eigenvalue weighted by molar-refractivity contribution is 5.84. The summed E-state index contributed by atoms with van der Waals surface area (Å²) in [6.45, 7) is 7.63. The van der Waals surface area contributed by atoms with E-state index in [2.05, 4.69) is 11.0 Å². The average molecular weight is 225 g/mol. The minimum Gasteiger partial charge on any atom is -0.342 e. The van der Waals surface area contributed by atoms with Crippen molar-refractivity contribution in [3.05, 3.63) is 0 Å². The van der Waals surface area contributed by atoms with Crippen LogP contribution in [0.25, 0.3) is 0 Å². The third-order valence-electron chi connectivity index (χ3n) is 2.52. The molecule has 0 rings (SSSR count). The molecule has 4 nitrogen and oxygen atoms in total. The summed E-state index contributed by atoms with van der Waals surface area (Å²) < 4.78 is 0. The van der Waals surface area contributed by atoms with Crippen molar-refractivity contribution in [2.24, 2.45) is 5.41 Å². The molecule has 1 amide bonds. The van der Waals surface area contributed by atoms with E-state index in [1.807, 2.05) is 21.0 Å². The van der Waals surface area contributed by atoms with Crippen molar-refractivity contribution < 1.29 is 4.79 Å². The first-order chi connectivity index (χ1) is 7.35. The molecule has 0 heterocycles. The Morgan fingerprint density at radius 1 is 1.31 bits per heavy atom. The second-order valence-electron chi connectivity index (χ2n) is 4.78. The normalized spacial score (nSPS) is 11.3. The number of rotatable bonds is 6. The molecular weight excluding hydrogens is 202 g/mol. The molecule has 0 aromatic heterocycles. The Kier molecular flexibility index (Phi) is 6.05. The second-order valence-corrected chi connectivity index (χ2v) is 4.78. The minimum atomic E-state index is -0.909. The lowest BCUT2D eigenvalue weighted by Crippen LogP contribution is -2.41. The minimum absolute atomic E-state index is 0.0729. The van der Waals surface area contributed by atoms with Gasteiger partial charge in [-0.05, 0) is 47.8 Å². The van der Waals surface area contributed by atoms with E-state index < -0.39 is 5.41 Å². The van der Waals surface area contributed by atoms with Crippen molar-refractivity contribution in [2.75, 3.05) is 33.7 Å². The molecule has 0 fully saturated rings. The summed E-state index contributed by atoms with van der Waals surface area (Å²) in [7, 11) is 4.02. The van der Waals surface area contributed by atoms with Crippen molar-refractivity contribution in [3.8, 4) is 6.07 Å². The predicted octanol–water partition coefficient (Wildman–Crippen LogP) is 1.34. The van der Waals surface area contributed by atoms with E-state index in [9.17, 15) is 4.79 Å². The lowest BCUT2D eigenvalue weighted by Gasteiger charge is -2.27. The zero-order valence-electron chi connectivity index (χ0n) is 11.1. The van der Waals surface area contributed by atoms with E-state index in [4.69, 9.17) is 5.26 Å². The van der Waals surface area contributed by atoms with Crippen LogP contribution in [0.15, 0.2) is 0 Å². The third-order valence-corrected chi connectivity index (χ3v) is 2.52. The zero-order chi connectivity index (χ0) is 12.8. The first-order valence-corrected chi connectivity index (χ1v) is 5.70. The van der Waals surface area contributed by atoms with Gasteiger partial charge in [0.05, 0.1) is 6.07 Å². The molecular formula is C12H23N3O. The Balaban J connectivity index is 4.30. The maximum absolute atomic E-state index is 12.0. The molecule has 4 heteroatoms. The van der Waals surface area contributed by atoms with Crippen molar-refractivity contribution >= 4 is 5.91 Å². The van der Waals surface area contributed by atoms with Gasteiger partial charge in [0.1, 0.15) is 5.41 Å². The summed E-state index contributed by atoms with van der Waals surface area (Å²) in [5.74, 6) is -0.0729. The van der Waals surface area contributed by atoms with Crippen LogP contribution in [0.2, 0.25) is 0 Å². The van der Waals surface area contributed by atoms with Crippen LogP contribution >= 0.6 is 0 Å². The highest BCUT2D eigenvalue weighted by atomic mass is 16.2. The van der Waals surface area contributed by atoms with E-state index in [-0.39, 0.29) is 5.91 Å². The van der Waals surface area contributed by atoms with Gasteiger partial charge in [-0.3, -0.25) is 4.79 Å². The molecule has 92 valence electrons. The van der Waals surface area contributed by atoms with Crippen molar-refractivity contribution in [2.45, 2.75) is 27.2 Å². The van der Waals surface area contributed by atoms with Gasteiger partial charge in [-0.1, -0.05) is 0 Å². The number of nitrogens with zero attached hydrogens (tertiary/aromatic N) is 3. The quantitative estimate of drug-likeness (QED) is 0.685. The lowest BCUT2D eigenvalue weighted by molar-refractivity contribution is -0.137. The van der Waals surface area contributed by atoms with Crippen LogP contribution in [0, 0.1) is 16.7 Å². The van der Waals surface area contributed by atoms with Crippen LogP contribution in [0.1, 0.15) is 27.2 Å². The van der Waals surface area contributed by atoms with Crippen LogP contribution in [0.4, 0.5) is 0 Å². The summed E-state index contributed by atoms with van der Waals surface area (Å²) in [6, 6.07) is 2.05. The van der Waals surface area contributed by atoms with Crippen LogP contribution in [0.5, 0.6) is 0 Å². The molecule has 0 saturated heterocycles. The molecule has 0 aliphatic heterocycles. The molecule has 0 aromatic carbocycles. The van der Waals surface area contributed by atoms with Gasteiger partial charge in [-0.25, -0.2) is 0 Å². The fourth-order valence-corrected chi connectivity index (χ4v) is 1.42. The Hall–Kier alpha value is -1.08. The topological polar surface area (TPSA) is 47.3 Å². The Morgan fingerprint density at radius 3 is 2.25 bits per heavy atom. The van der Waals surface area contributed by atoms with E-state index in [1.54, 1.807) is 18.7 Å². The van der Waals surface area contributed by atoms with E-state index in [1.165, 1.54) is 0 Å². The fraction of sp³-hybridized carbons (Fsp3) is 0.833. The Bertz CT molecular complexity index is 266. The third kappa shape index (κ3) is 4.63. The van der Waals surface area contributed by atoms with Crippen LogP contribution in [-0.2, 0) is 4.79 Å². The number of carbonyl (C=O) groups is 1. The van der Waals surface area contributed by atoms with Gasteiger partial charge in [0.2, 0.25) is 5.91 Å². The molecule has 0 unspecified atom stereocenters. The van der Waals surface area contributed by atoms with Crippen LogP contribution in [0.3, 0.4) is 0 Å². The van der Waals surface area contributed by atoms with Gasteiger partial charge in [-0.15, -0.1) is 0 Å². The predicted molar refractivity (Wildman–Crippen MR) is 64.8 cm³/mol. The number of hydrogen-bond donors (Lipinski definition) is 0. The smallest absolute Gasteiger partial charge is 0.242 e. The molecule has 16 heavy (non-hydrogen) atoms. The van der Waals surface area contributed by atoms with Crippen molar-refractivity contribution in [1.82, 2.24) is 9.80 Å². The standard InChI is InChI=1S/C12H23N3O/c1-6-15(9-7-8-14(4)5)11(16)12(2,3)10-13/h6-9H2,1-5H3. The highest BCUT2D eigenvalue weighted by Crippen LogP contribution is 2.17. The van der Waals surface area contributed by atoms with Crippen LogP contribution in [-0.4, -0.2) is 49.4 Å². The maximum Gasteiger partial charge on any atom is 0.242 e. The molecule has 0 spiro atoms. The Morgan fingerprint density at radius 2 is 1.88 bits per heavy atom. The van der Waals surface area contributed by atoms with Gasteiger partial charge in [-0.2, -0.15) is 5.26 Å². The maximum atomic E-state index is 12.0. The summed E-state index contributed by atoms with van der Waals surface area (Å²) in [5, 5.41) is 8.92. The largest absolute Gasteiger partial charge is 0.342 e. The first-order valence-electron chi connectivity index (χ1n) is 5.70. The molecule has 0 aromatic rings. The van der Waals surface area contributed by atoms with Gasteiger partial charge < -0.3 is 9.80 Å². The van der Waals surface area contributed by atoms with Crippen molar-refractivity contribution in [1.29, 1.82) is 5.26 Å².